The zero-order chi connectivity index (χ0) is 22.9. The molecule has 4 nitrogen and oxygen atoms in total. The van der Waals surface area contributed by atoms with Gasteiger partial charge in [0.25, 0.3) is 0 Å². The Morgan fingerprint density at radius 3 is 1.85 bits per heavy atom. The van der Waals surface area contributed by atoms with Gasteiger partial charge in [-0.05, 0) is 34.0 Å². The van der Waals surface area contributed by atoms with Crippen LogP contribution in [-0.2, 0) is 5.41 Å². The van der Waals surface area contributed by atoms with Crippen molar-refractivity contribution in [2.45, 2.75) is 5.41 Å². The van der Waals surface area contributed by atoms with Crippen molar-refractivity contribution < 1.29 is 14.4 Å². The van der Waals surface area contributed by atoms with Crippen molar-refractivity contribution in [2.75, 3.05) is 19.0 Å². The van der Waals surface area contributed by atoms with E-state index in [1.165, 1.54) is 0 Å². The largest absolute Gasteiger partial charge is 0.378 e. The SMILES string of the molecule is CN(C)c1ccc(C2(C3C(=O)c4ccccc4C3=O)C(=O)c3cccc4cccc2c34)cc1. The number of hydrogen-bond acceptors (Lipinski definition) is 4. The summed E-state index contributed by atoms with van der Waals surface area (Å²) >= 11 is 0. The van der Waals surface area contributed by atoms with Gasteiger partial charge < -0.3 is 4.90 Å². The van der Waals surface area contributed by atoms with E-state index >= 15 is 0 Å². The molecule has 0 spiro atoms. The molecule has 1 unspecified atom stereocenters. The maximum atomic E-state index is 14.3. The van der Waals surface area contributed by atoms with Crippen LogP contribution in [0.15, 0.2) is 84.9 Å². The molecule has 0 aliphatic heterocycles. The first-order valence-corrected chi connectivity index (χ1v) is 11.0. The minimum absolute atomic E-state index is 0.189. The number of rotatable bonds is 3. The molecule has 4 aromatic rings. The van der Waals surface area contributed by atoms with Crippen LogP contribution >= 0.6 is 0 Å². The highest BCUT2D eigenvalue weighted by atomic mass is 16.2. The third-order valence-electron chi connectivity index (χ3n) is 7.19. The number of nitrogens with zero attached hydrogens (tertiary/aromatic N) is 1. The zero-order valence-corrected chi connectivity index (χ0v) is 18.3. The van der Waals surface area contributed by atoms with Crippen LogP contribution in [0, 0.1) is 5.92 Å². The predicted octanol–water partition coefficient (Wildman–Crippen LogP) is 5.08. The molecule has 0 aromatic heterocycles. The maximum absolute atomic E-state index is 14.3. The molecule has 0 amide bonds. The quantitative estimate of drug-likeness (QED) is 0.424. The van der Waals surface area contributed by atoms with E-state index in [4.69, 9.17) is 0 Å². The van der Waals surface area contributed by atoms with Crippen molar-refractivity contribution in [1.29, 1.82) is 0 Å². The lowest BCUT2D eigenvalue weighted by Gasteiger charge is -2.34. The molecule has 160 valence electrons. The molecule has 0 saturated heterocycles. The van der Waals surface area contributed by atoms with Gasteiger partial charge in [0.1, 0.15) is 11.3 Å². The van der Waals surface area contributed by atoms with Gasteiger partial charge in [0.2, 0.25) is 0 Å². The van der Waals surface area contributed by atoms with E-state index in [0.717, 1.165) is 22.0 Å². The van der Waals surface area contributed by atoms with Crippen LogP contribution in [-0.4, -0.2) is 31.4 Å². The fourth-order valence-electron chi connectivity index (χ4n) is 5.69. The first-order valence-electron chi connectivity index (χ1n) is 11.0. The highest BCUT2D eigenvalue weighted by Gasteiger charge is 2.61. The Labute approximate surface area is 191 Å². The molecule has 4 heteroatoms. The van der Waals surface area contributed by atoms with Gasteiger partial charge in [-0.1, -0.05) is 72.8 Å². The summed E-state index contributed by atoms with van der Waals surface area (Å²) < 4.78 is 0. The summed E-state index contributed by atoms with van der Waals surface area (Å²) in [4.78, 5) is 43.9. The number of benzene rings is 4. The normalized spacial score (nSPS) is 19.4. The lowest BCUT2D eigenvalue weighted by molar-refractivity contribution is 0.0704. The second-order valence-corrected chi connectivity index (χ2v) is 8.99. The minimum atomic E-state index is -1.40. The second kappa shape index (κ2) is 6.72. The van der Waals surface area contributed by atoms with Crippen LogP contribution in [0.25, 0.3) is 10.8 Å². The smallest absolute Gasteiger partial charge is 0.179 e. The number of hydrogen-bond donors (Lipinski definition) is 0. The summed E-state index contributed by atoms with van der Waals surface area (Å²) in [6, 6.07) is 25.9. The fraction of sp³-hybridized carbons (Fsp3) is 0.138. The van der Waals surface area contributed by atoms with Gasteiger partial charge in [0.05, 0.1) is 0 Å². The number of fused-ring (bicyclic) bond motifs is 1. The Morgan fingerprint density at radius 1 is 0.667 bits per heavy atom. The Bertz CT molecular complexity index is 1460. The molecule has 1 atom stereocenters. The molecular formula is C29H21NO3. The third-order valence-corrected chi connectivity index (χ3v) is 7.19. The van der Waals surface area contributed by atoms with E-state index in [2.05, 4.69) is 0 Å². The van der Waals surface area contributed by atoms with Crippen molar-refractivity contribution in [3.8, 4) is 0 Å². The number of carbonyl (C=O) groups is 3. The van der Waals surface area contributed by atoms with Gasteiger partial charge in [0.15, 0.2) is 17.3 Å². The Hall–Kier alpha value is -4.05. The second-order valence-electron chi connectivity index (χ2n) is 8.99. The first kappa shape index (κ1) is 19.6. The summed E-state index contributed by atoms with van der Waals surface area (Å²) in [7, 11) is 3.89. The summed E-state index contributed by atoms with van der Waals surface area (Å²) in [6.07, 6.45) is 0. The van der Waals surface area contributed by atoms with Crippen LogP contribution in [0.2, 0.25) is 0 Å². The average Bonchev–Trinajstić information content (AvgIpc) is 3.24. The van der Waals surface area contributed by atoms with Crippen molar-refractivity contribution in [1.82, 2.24) is 0 Å². The van der Waals surface area contributed by atoms with Gasteiger partial charge in [0, 0.05) is 36.5 Å². The van der Waals surface area contributed by atoms with Crippen LogP contribution in [0.3, 0.4) is 0 Å². The maximum Gasteiger partial charge on any atom is 0.179 e. The monoisotopic (exact) mass is 431 g/mol. The number of anilines is 1. The topological polar surface area (TPSA) is 54.5 Å². The lowest BCUT2D eigenvalue weighted by Crippen LogP contribution is -2.46. The van der Waals surface area contributed by atoms with E-state index in [-0.39, 0.29) is 17.3 Å². The van der Waals surface area contributed by atoms with Crippen LogP contribution in [0.1, 0.15) is 42.2 Å². The highest BCUT2D eigenvalue weighted by molar-refractivity contribution is 6.33. The fourth-order valence-corrected chi connectivity index (χ4v) is 5.69. The molecule has 0 bridgehead atoms. The Morgan fingerprint density at radius 2 is 1.24 bits per heavy atom. The summed E-state index contributed by atoms with van der Waals surface area (Å²) in [5, 5.41) is 1.76. The zero-order valence-electron chi connectivity index (χ0n) is 18.3. The Balaban J connectivity index is 1.70. The Kier molecular flexibility index (Phi) is 4.00. The number of Topliss-reactive ketones (excluding diaryl/α,β-unsaturated/α-hetero) is 3. The number of ketones is 3. The summed E-state index contributed by atoms with van der Waals surface area (Å²) in [5.41, 5.74) is 2.33. The molecule has 0 N–H and O–H groups in total. The van der Waals surface area contributed by atoms with Gasteiger partial charge in [-0.15, -0.1) is 0 Å². The molecule has 6 rings (SSSR count). The van der Waals surface area contributed by atoms with Gasteiger partial charge in [-0.25, -0.2) is 0 Å². The molecule has 0 heterocycles. The highest BCUT2D eigenvalue weighted by Crippen LogP contribution is 2.54. The summed E-state index contributed by atoms with van der Waals surface area (Å²) in [5.74, 6) is -1.90. The van der Waals surface area contributed by atoms with E-state index in [0.29, 0.717) is 22.3 Å². The first-order chi connectivity index (χ1) is 16.0. The molecule has 2 aliphatic carbocycles. The molecule has 0 fully saturated rings. The molecular weight excluding hydrogens is 410 g/mol. The molecule has 33 heavy (non-hydrogen) atoms. The van der Waals surface area contributed by atoms with Crippen LogP contribution in [0.5, 0.6) is 0 Å². The van der Waals surface area contributed by atoms with Crippen molar-refractivity contribution in [3.63, 3.8) is 0 Å². The van der Waals surface area contributed by atoms with Gasteiger partial charge in [-0.3, -0.25) is 14.4 Å². The lowest BCUT2D eigenvalue weighted by atomic mass is 9.63. The standard InChI is InChI=1S/C29H21NO3/c1-30(2)19-15-13-18(14-16-19)29(25-26(31)20-9-3-4-10-21(20)27(25)32)23-12-6-8-17-7-5-11-22(24(17)23)28(29)33/h3-16,25H,1-2H3. The van der Waals surface area contributed by atoms with Crippen molar-refractivity contribution in [2.24, 2.45) is 5.92 Å². The van der Waals surface area contributed by atoms with E-state index in [1.807, 2.05) is 73.6 Å². The van der Waals surface area contributed by atoms with Gasteiger partial charge in [-0.2, -0.15) is 0 Å². The van der Waals surface area contributed by atoms with E-state index in [1.54, 1.807) is 30.3 Å². The van der Waals surface area contributed by atoms with E-state index in [9.17, 15) is 14.4 Å². The number of carbonyl (C=O) groups excluding carboxylic acids is 3. The van der Waals surface area contributed by atoms with Crippen molar-refractivity contribution >= 4 is 33.8 Å². The minimum Gasteiger partial charge on any atom is -0.378 e. The molecule has 0 radical (unpaired) electrons. The summed E-state index contributed by atoms with van der Waals surface area (Å²) in [6.45, 7) is 0. The third kappa shape index (κ3) is 2.38. The van der Waals surface area contributed by atoms with Crippen molar-refractivity contribution in [3.05, 3.63) is 113 Å². The van der Waals surface area contributed by atoms with Crippen LogP contribution in [0.4, 0.5) is 5.69 Å². The average molecular weight is 431 g/mol. The molecule has 2 aliphatic rings. The predicted molar refractivity (Wildman–Crippen MR) is 128 cm³/mol. The molecule has 0 saturated carbocycles. The van der Waals surface area contributed by atoms with E-state index < -0.39 is 11.3 Å². The van der Waals surface area contributed by atoms with Gasteiger partial charge >= 0.3 is 0 Å². The van der Waals surface area contributed by atoms with Crippen LogP contribution < -0.4 is 4.90 Å². The molecule has 4 aromatic carbocycles.